The molecule has 144 valence electrons. The predicted molar refractivity (Wildman–Crippen MR) is 106 cm³/mol. The third-order valence-electron chi connectivity index (χ3n) is 5.06. The van der Waals surface area contributed by atoms with E-state index in [4.69, 9.17) is 4.74 Å². The topological polar surface area (TPSA) is 60.2 Å². The summed E-state index contributed by atoms with van der Waals surface area (Å²) in [6.45, 7) is 2.34. The summed E-state index contributed by atoms with van der Waals surface area (Å²) in [6.07, 6.45) is 9.11. The van der Waals surface area contributed by atoms with Crippen molar-refractivity contribution in [3.63, 3.8) is 0 Å². The van der Waals surface area contributed by atoms with E-state index in [0.29, 0.717) is 13.2 Å². The van der Waals surface area contributed by atoms with Gasteiger partial charge in [0.15, 0.2) is 0 Å². The molecule has 0 N–H and O–H groups in total. The van der Waals surface area contributed by atoms with E-state index in [9.17, 15) is 4.79 Å². The first kappa shape index (κ1) is 18.4. The predicted octanol–water partition coefficient (Wildman–Crippen LogP) is 3.15. The van der Waals surface area contributed by atoms with Crippen molar-refractivity contribution in [3.8, 4) is 11.4 Å². The van der Waals surface area contributed by atoms with Gasteiger partial charge in [0.05, 0.1) is 12.7 Å². The molecule has 1 aliphatic rings. The van der Waals surface area contributed by atoms with Crippen molar-refractivity contribution in [2.75, 3.05) is 13.1 Å². The molecule has 6 nitrogen and oxygen atoms in total. The summed E-state index contributed by atoms with van der Waals surface area (Å²) in [5, 5.41) is 0. The number of hydrogen-bond acceptors (Lipinski definition) is 4. The van der Waals surface area contributed by atoms with E-state index < -0.39 is 0 Å². The van der Waals surface area contributed by atoms with Crippen LogP contribution in [0.2, 0.25) is 0 Å². The molecule has 1 aromatic carbocycles. The van der Waals surface area contributed by atoms with Crippen molar-refractivity contribution < 1.29 is 9.53 Å². The molecule has 1 saturated heterocycles. The van der Waals surface area contributed by atoms with Crippen LogP contribution in [0.3, 0.4) is 0 Å². The van der Waals surface area contributed by atoms with Gasteiger partial charge in [0.25, 0.3) is 0 Å². The molecule has 6 heteroatoms. The maximum Gasteiger partial charge on any atom is 0.242 e. The van der Waals surface area contributed by atoms with Crippen molar-refractivity contribution in [1.82, 2.24) is 19.4 Å². The number of carbonyl (C=O) groups is 1. The Kier molecular flexibility index (Phi) is 5.77. The van der Waals surface area contributed by atoms with Crippen molar-refractivity contribution in [2.45, 2.75) is 32.1 Å². The van der Waals surface area contributed by atoms with E-state index in [-0.39, 0.29) is 12.0 Å². The van der Waals surface area contributed by atoms with Gasteiger partial charge in [-0.15, -0.1) is 0 Å². The van der Waals surface area contributed by atoms with E-state index in [1.807, 2.05) is 64.3 Å². The lowest BCUT2D eigenvalue weighted by Gasteiger charge is -2.32. The van der Waals surface area contributed by atoms with Gasteiger partial charge in [0, 0.05) is 43.4 Å². The molecule has 1 fully saturated rings. The summed E-state index contributed by atoms with van der Waals surface area (Å²) in [5.74, 6) is 0.949. The highest BCUT2D eigenvalue weighted by Crippen LogP contribution is 2.19. The molecular weight excluding hydrogens is 352 g/mol. The van der Waals surface area contributed by atoms with Gasteiger partial charge in [0.1, 0.15) is 12.4 Å². The third-order valence-corrected chi connectivity index (χ3v) is 5.06. The molecule has 0 aliphatic carbocycles. The SMILES string of the molecule is O=C(Cn1ccnc1-c1ccccc1)N1CCC(OCc2cccnc2)CC1. The highest BCUT2D eigenvalue weighted by molar-refractivity contribution is 5.77. The van der Waals surface area contributed by atoms with Gasteiger partial charge in [-0.3, -0.25) is 9.78 Å². The summed E-state index contributed by atoms with van der Waals surface area (Å²) >= 11 is 0. The molecule has 0 radical (unpaired) electrons. The molecule has 28 heavy (non-hydrogen) atoms. The smallest absolute Gasteiger partial charge is 0.242 e. The lowest BCUT2D eigenvalue weighted by molar-refractivity contribution is -0.134. The third kappa shape index (κ3) is 4.46. The van der Waals surface area contributed by atoms with Gasteiger partial charge in [-0.2, -0.15) is 0 Å². The first-order valence-electron chi connectivity index (χ1n) is 9.64. The molecule has 0 atom stereocenters. The van der Waals surface area contributed by atoms with Gasteiger partial charge in [-0.05, 0) is 24.5 Å². The molecule has 0 saturated carbocycles. The number of amides is 1. The van der Waals surface area contributed by atoms with E-state index in [1.165, 1.54) is 0 Å². The minimum Gasteiger partial charge on any atom is -0.373 e. The Hall–Kier alpha value is -2.99. The number of aromatic nitrogens is 3. The first-order chi connectivity index (χ1) is 13.8. The Morgan fingerprint density at radius 1 is 1.07 bits per heavy atom. The number of nitrogens with zero attached hydrogens (tertiary/aromatic N) is 4. The van der Waals surface area contributed by atoms with Crippen LogP contribution >= 0.6 is 0 Å². The van der Waals surface area contributed by atoms with E-state index in [0.717, 1.165) is 42.9 Å². The van der Waals surface area contributed by atoms with Gasteiger partial charge in [-0.25, -0.2) is 4.98 Å². The Bertz CT molecular complexity index is 887. The van der Waals surface area contributed by atoms with Gasteiger partial charge >= 0.3 is 0 Å². The molecule has 1 amide bonds. The van der Waals surface area contributed by atoms with Gasteiger partial charge in [-0.1, -0.05) is 36.4 Å². The average molecular weight is 376 g/mol. The zero-order valence-corrected chi connectivity index (χ0v) is 15.8. The number of imidazole rings is 1. The van der Waals surface area contributed by atoms with E-state index >= 15 is 0 Å². The second-order valence-electron chi connectivity index (χ2n) is 7.00. The standard InChI is InChI=1S/C22H24N4O2/c27-21(16-26-14-11-24-22(26)19-6-2-1-3-7-19)25-12-8-20(9-13-25)28-17-18-5-4-10-23-15-18/h1-7,10-11,14-15,20H,8-9,12-13,16-17H2. The lowest BCUT2D eigenvalue weighted by atomic mass is 10.1. The summed E-state index contributed by atoms with van der Waals surface area (Å²) in [7, 11) is 0. The summed E-state index contributed by atoms with van der Waals surface area (Å²) in [4.78, 5) is 23.2. The Morgan fingerprint density at radius 3 is 2.64 bits per heavy atom. The monoisotopic (exact) mass is 376 g/mol. The highest BCUT2D eigenvalue weighted by atomic mass is 16.5. The number of piperidine rings is 1. The largest absolute Gasteiger partial charge is 0.373 e. The number of likely N-dealkylation sites (tertiary alicyclic amines) is 1. The number of carbonyl (C=O) groups excluding carboxylic acids is 1. The Morgan fingerprint density at radius 2 is 1.89 bits per heavy atom. The molecular formula is C22H24N4O2. The minimum absolute atomic E-state index is 0.126. The zero-order chi connectivity index (χ0) is 19.2. The summed E-state index contributed by atoms with van der Waals surface area (Å²) in [5.41, 5.74) is 2.09. The number of pyridine rings is 1. The molecule has 0 bridgehead atoms. The van der Waals surface area contributed by atoms with Crippen LogP contribution in [0.4, 0.5) is 0 Å². The quantitative estimate of drug-likeness (QED) is 0.663. The number of benzene rings is 1. The average Bonchev–Trinajstić information content (AvgIpc) is 3.22. The lowest BCUT2D eigenvalue weighted by Crippen LogP contribution is -2.42. The highest BCUT2D eigenvalue weighted by Gasteiger charge is 2.24. The molecule has 3 aromatic rings. The fourth-order valence-electron chi connectivity index (χ4n) is 3.50. The van der Waals surface area contributed by atoms with Crippen molar-refractivity contribution in [2.24, 2.45) is 0 Å². The number of hydrogen-bond donors (Lipinski definition) is 0. The molecule has 0 spiro atoms. The van der Waals surface area contributed by atoms with Crippen LogP contribution in [-0.2, 0) is 22.7 Å². The second-order valence-corrected chi connectivity index (χ2v) is 7.00. The van der Waals surface area contributed by atoms with Gasteiger partial charge < -0.3 is 14.2 Å². The Balaban J connectivity index is 1.29. The van der Waals surface area contributed by atoms with Crippen LogP contribution in [0.15, 0.2) is 67.3 Å². The first-order valence-corrected chi connectivity index (χ1v) is 9.64. The fourth-order valence-corrected chi connectivity index (χ4v) is 3.50. The minimum atomic E-state index is 0.126. The molecule has 4 rings (SSSR count). The van der Waals surface area contributed by atoms with Crippen molar-refractivity contribution in [1.29, 1.82) is 0 Å². The molecule has 2 aromatic heterocycles. The summed E-state index contributed by atoms with van der Waals surface area (Å²) < 4.78 is 7.91. The van der Waals surface area contributed by atoms with Crippen LogP contribution < -0.4 is 0 Å². The van der Waals surface area contributed by atoms with Crippen molar-refractivity contribution >= 4 is 5.91 Å². The molecule has 3 heterocycles. The number of rotatable bonds is 6. The summed E-state index contributed by atoms with van der Waals surface area (Å²) in [6, 6.07) is 13.9. The Labute approximate surface area is 164 Å². The van der Waals surface area contributed by atoms with Crippen LogP contribution in [0.5, 0.6) is 0 Å². The normalized spacial score (nSPS) is 14.9. The fraction of sp³-hybridized carbons (Fsp3) is 0.318. The van der Waals surface area contributed by atoms with Crippen LogP contribution in [-0.4, -0.2) is 44.5 Å². The van der Waals surface area contributed by atoms with Crippen LogP contribution in [0, 0.1) is 0 Å². The van der Waals surface area contributed by atoms with E-state index in [2.05, 4.69) is 9.97 Å². The van der Waals surface area contributed by atoms with Crippen molar-refractivity contribution in [3.05, 3.63) is 72.8 Å². The second kappa shape index (κ2) is 8.80. The van der Waals surface area contributed by atoms with Gasteiger partial charge in [0.2, 0.25) is 5.91 Å². The molecule has 1 aliphatic heterocycles. The van der Waals surface area contributed by atoms with Crippen LogP contribution in [0.25, 0.3) is 11.4 Å². The molecule has 0 unspecified atom stereocenters. The van der Waals surface area contributed by atoms with E-state index in [1.54, 1.807) is 12.4 Å². The maximum absolute atomic E-state index is 12.8. The number of ether oxygens (including phenoxy) is 1. The van der Waals surface area contributed by atoms with Crippen LogP contribution in [0.1, 0.15) is 18.4 Å². The maximum atomic E-state index is 12.8. The zero-order valence-electron chi connectivity index (χ0n) is 15.8.